The average Bonchev–Trinajstić information content (AvgIpc) is 2.75. The molecule has 0 bridgehead atoms. The molecule has 0 radical (unpaired) electrons. The Bertz CT molecular complexity index is 1260. The number of nitrogens with zero attached hydrogens (tertiary/aromatic N) is 2. The third kappa shape index (κ3) is 5.35. The predicted octanol–water partition coefficient (Wildman–Crippen LogP) is 5.10. The molecule has 2 aromatic heterocycles. The number of hydrogen-bond donors (Lipinski definition) is 2. The SMILES string of the molecule is O=c1ccc2cc(CCc3cnc(Nc4ccc(OC(F)F)c(Cl)c4)nc3)ccc2[nH]1. The molecule has 0 spiro atoms. The van der Waals surface area contributed by atoms with Crippen LogP contribution in [0.15, 0.2) is 65.7 Å². The van der Waals surface area contributed by atoms with Crippen LogP contribution < -0.4 is 15.6 Å². The fourth-order valence-electron chi connectivity index (χ4n) is 3.10. The summed E-state index contributed by atoms with van der Waals surface area (Å²) >= 11 is 5.95. The largest absolute Gasteiger partial charge is 0.433 e. The van der Waals surface area contributed by atoms with Gasteiger partial charge in [-0.3, -0.25) is 4.79 Å². The standard InChI is InChI=1S/C22H17ClF2N4O2/c23-17-10-16(5-7-19(17)31-21(24)25)28-22-26-11-14(12-27-22)2-1-13-3-6-18-15(9-13)4-8-20(30)29-18/h3-12,21H,1-2H2,(H,29,30)(H,26,27,28). The lowest BCUT2D eigenvalue weighted by molar-refractivity contribution is -0.0497. The van der Waals surface area contributed by atoms with E-state index in [2.05, 4.69) is 25.0 Å². The van der Waals surface area contributed by atoms with Crippen molar-refractivity contribution in [3.05, 3.63) is 87.4 Å². The molecule has 0 unspecified atom stereocenters. The van der Waals surface area contributed by atoms with Crippen LogP contribution in [0.3, 0.4) is 0 Å². The number of pyridine rings is 1. The molecule has 2 N–H and O–H groups in total. The molecule has 0 aliphatic heterocycles. The molecule has 0 saturated heterocycles. The minimum atomic E-state index is -2.94. The van der Waals surface area contributed by atoms with E-state index in [1.165, 1.54) is 18.2 Å². The highest BCUT2D eigenvalue weighted by Gasteiger charge is 2.09. The molecule has 4 rings (SSSR count). The van der Waals surface area contributed by atoms with Crippen LogP contribution in [0.1, 0.15) is 11.1 Å². The van der Waals surface area contributed by atoms with E-state index in [9.17, 15) is 13.6 Å². The number of hydrogen-bond acceptors (Lipinski definition) is 5. The van der Waals surface area contributed by atoms with Gasteiger partial charge in [0, 0.05) is 29.7 Å². The van der Waals surface area contributed by atoms with Crippen LogP contribution in [-0.4, -0.2) is 21.6 Å². The van der Waals surface area contributed by atoms with Gasteiger partial charge in [-0.1, -0.05) is 17.7 Å². The number of benzene rings is 2. The van der Waals surface area contributed by atoms with Gasteiger partial charge in [0.25, 0.3) is 0 Å². The van der Waals surface area contributed by atoms with Crippen molar-refractivity contribution in [1.82, 2.24) is 15.0 Å². The van der Waals surface area contributed by atoms with Crippen LogP contribution in [0.2, 0.25) is 5.02 Å². The third-order valence-electron chi connectivity index (χ3n) is 4.60. The molecule has 0 atom stereocenters. The lowest BCUT2D eigenvalue weighted by atomic mass is 10.0. The first-order chi connectivity index (χ1) is 15.0. The second-order valence-corrected chi connectivity index (χ2v) is 7.22. The summed E-state index contributed by atoms with van der Waals surface area (Å²) in [7, 11) is 0. The van der Waals surface area contributed by atoms with Gasteiger partial charge in [-0.05, 0) is 65.8 Å². The summed E-state index contributed by atoms with van der Waals surface area (Å²) in [5.41, 5.74) is 3.34. The number of nitrogens with one attached hydrogen (secondary N) is 2. The molecule has 0 aliphatic rings. The van der Waals surface area contributed by atoms with Gasteiger partial charge in [-0.25, -0.2) is 9.97 Å². The molecule has 4 aromatic rings. The minimum Gasteiger partial charge on any atom is -0.433 e. The minimum absolute atomic E-state index is 0.0568. The molecule has 9 heteroatoms. The monoisotopic (exact) mass is 442 g/mol. The summed E-state index contributed by atoms with van der Waals surface area (Å²) in [6, 6.07) is 13.6. The van der Waals surface area contributed by atoms with Crippen molar-refractivity contribution in [3.8, 4) is 5.75 Å². The maximum atomic E-state index is 12.3. The van der Waals surface area contributed by atoms with Crippen molar-refractivity contribution in [2.75, 3.05) is 5.32 Å². The Morgan fingerprint density at radius 2 is 1.77 bits per heavy atom. The van der Waals surface area contributed by atoms with Crippen LogP contribution in [0.5, 0.6) is 5.75 Å². The zero-order valence-corrected chi connectivity index (χ0v) is 16.9. The van der Waals surface area contributed by atoms with Gasteiger partial charge in [0.05, 0.1) is 5.02 Å². The first-order valence-corrected chi connectivity index (χ1v) is 9.78. The number of aromatic nitrogens is 3. The Morgan fingerprint density at radius 1 is 1.00 bits per heavy atom. The second kappa shape index (κ2) is 9.09. The molecule has 0 amide bonds. The molecule has 0 aliphatic carbocycles. The highest BCUT2D eigenvalue weighted by Crippen LogP contribution is 2.29. The summed E-state index contributed by atoms with van der Waals surface area (Å²) in [6.45, 7) is -2.94. The smallest absolute Gasteiger partial charge is 0.387 e. The normalized spacial score (nSPS) is 11.1. The predicted molar refractivity (Wildman–Crippen MR) is 115 cm³/mol. The number of ether oxygens (including phenoxy) is 1. The van der Waals surface area contributed by atoms with Gasteiger partial charge < -0.3 is 15.0 Å². The number of H-pyrrole nitrogens is 1. The van der Waals surface area contributed by atoms with Crippen LogP contribution in [0.25, 0.3) is 10.9 Å². The van der Waals surface area contributed by atoms with E-state index in [1.807, 2.05) is 18.2 Å². The quantitative estimate of drug-likeness (QED) is 0.416. The van der Waals surface area contributed by atoms with Crippen molar-refractivity contribution in [2.24, 2.45) is 0 Å². The van der Waals surface area contributed by atoms with Gasteiger partial charge >= 0.3 is 6.61 Å². The number of halogens is 3. The number of rotatable bonds is 7. The molecule has 2 aromatic carbocycles. The van der Waals surface area contributed by atoms with Crippen LogP contribution in [0, 0.1) is 0 Å². The summed E-state index contributed by atoms with van der Waals surface area (Å²) in [5, 5.41) is 4.01. The Balaban J connectivity index is 1.37. The van der Waals surface area contributed by atoms with Gasteiger partial charge in [0.2, 0.25) is 11.5 Å². The second-order valence-electron chi connectivity index (χ2n) is 6.81. The van der Waals surface area contributed by atoms with Gasteiger partial charge in [0.1, 0.15) is 5.75 Å². The zero-order valence-electron chi connectivity index (χ0n) is 16.1. The van der Waals surface area contributed by atoms with Gasteiger partial charge in [-0.2, -0.15) is 8.78 Å². The highest BCUT2D eigenvalue weighted by atomic mass is 35.5. The zero-order chi connectivity index (χ0) is 21.8. The summed E-state index contributed by atoms with van der Waals surface area (Å²) in [5.74, 6) is 0.260. The van der Waals surface area contributed by atoms with Crippen LogP contribution >= 0.6 is 11.6 Å². The van der Waals surface area contributed by atoms with E-state index in [-0.39, 0.29) is 16.3 Å². The van der Waals surface area contributed by atoms with Crippen LogP contribution in [0.4, 0.5) is 20.4 Å². The Labute approximate surface area is 180 Å². The molecule has 158 valence electrons. The topological polar surface area (TPSA) is 79.9 Å². The van der Waals surface area contributed by atoms with E-state index in [4.69, 9.17) is 11.6 Å². The fraction of sp³-hybridized carbons (Fsp3) is 0.136. The van der Waals surface area contributed by atoms with Gasteiger partial charge in [0.15, 0.2) is 0 Å². The molecular formula is C22H17ClF2N4O2. The Morgan fingerprint density at radius 3 is 2.52 bits per heavy atom. The third-order valence-corrected chi connectivity index (χ3v) is 4.90. The van der Waals surface area contributed by atoms with Crippen molar-refractivity contribution < 1.29 is 13.5 Å². The van der Waals surface area contributed by atoms with Crippen molar-refractivity contribution >= 4 is 34.1 Å². The number of alkyl halides is 2. The van der Waals surface area contributed by atoms with E-state index in [0.29, 0.717) is 11.6 Å². The first kappa shape index (κ1) is 20.7. The molecule has 0 saturated carbocycles. The van der Waals surface area contributed by atoms with Crippen molar-refractivity contribution in [1.29, 1.82) is 0 Å². The molecular weight excluding hydrogens is 426 g/mol. The highest BCUT2D eigenvalue weighted by molar-refractivity contribution is 6.32. The van der Waals surface area contributed by atoms with E-state index < -0.39 is 6.61 Å². The summed E-state index contributed by atoms with van der Waals surface area (Å²) < 4.78 is 28.9. The van der Waals surface area contributed by atoms with Crippen molar-refractivity contribution in [2.45, 2.75) is 19.5 Å². The van der Waals surface area contributed by atoms with Crippen molar-refractivity contribution in [3.63, 3.8) is 0 Å². The summed E-state index contributed by atoms with van der Waals surface area (Å²) in [6.07, 6.45) is 5.00. The molecule has 6 nitrogen and oxygen atoms in total. The van der Waals surface area contributed by atoms with Gasteiger partial charge in [-0.15, -0.1) is 0 Å². The van der Waals surface area contributed by atoms with Crippen LogP contribution in [-0.2, 0) is 12.8 Å². The lowest BCUT2D eigenvalue weighted by Crippen LogP contribution is -2.03. The van der Waals surface area contributed by atoms with E-state index in [0.717, 1.165) is 34.9 Å². The number of fused-ring (bicyclic) bond motifs is 1. The first-order valence-electron chi connectivity index (χ1n) is 9.40. The van der Waals surface area contributed by atoms with E-state index >= 15 is 0 Å². The Kier molecular flexibility index (Phi) is 6.08. The maximum absolute atomic E-state index is 12.3. The summed E-state index contributed by atoms with van der Waals surface area (Å²) in [4.78, 5) is 22.8. The van der Waals surface area contributed by atoms with E-state index in [1.54, 1.807) is 24.5 Å². The number of aryl methyl sites for hydroxylation is 2. The number of anilines is 2. The maximum Gasteiger partial charge on any atom is 0.387 e. The number of aromatic amines is 1. The lowest BCUT2D eigenvalue weighted by Gasteiger charge is -2.10. The average molecular weight is 443 g/mol. The Hall–Kier alpha value is -3.52. The molecule has 2 heterocycles. The molecule has 0 fully saturated rings. The fourth-order valence-corrected chi connectivity index (χ4v) is 3.32. The molecule has 31 heavy (non-hydrogen) atoms.